The lowest BCUT2D eigenvalue weighted by Crippen LogP contribution is -2.47. The van der Waals surface area contributed by atoms with Gasteiger partial charge in [-0.3, -0.25) is 14.1 Å². The molecule has 3 aromatic rings. The van der Waals surface area contributed by atoms with Crippen LogP contribution < -0.4 is 9.62 Å². The number of aromatic nitrogens is 1. The van der Waals surface area contributed by atoms with Gasteiger partial charge in [-0.1, -0.05) is 35.9 Å². The zero-order valence-electron chi connectivity index (χ0n) is 17.0. The van der Waals surface area contributed by atoms with Crippen LogP contribution in [0.1, 0.15) is 26.3 Å². The predicted octanol–water partition coefficient (Wildman–Crippen LogP) is 3.65. The van der Waals surface area contributed by atoms with Crippen molar-refractivity contribution in [1.82, 2.24) is 10.3 Å². The van der Waals surface area contributed by atoms with E-state index >= 15 is 0 Å². The van der Waals surface area contributed by atoms with Crippen LogP contribution in [-0.4, -0.2) is 31.4 Å². The average Bonchev–Trinajstić information content (AvgIpc) is 2.64. The Balaban J connectivity index is 2.13. The molecule has 0 bridgehead atoms. The third-order valence-corrected chi connectivity index (χ3v) is 6.06. The maximum absolute atomic E-state index is 13.5. The summed E-state index contributed by atoms with van der Waals surface area (Å²) in [5, 5.41) is 3.63. The highest BCUT2D eigenvalue weighted by atomic mass is 32.2. The molecule has 1 heterocycles. The van der Waals surface area contributed by atoms with Gasteiger partial charge in [-0.25, -0.2) is 8.42 Å². The molecule has 0 saturated heterocycles. The molecule has 7 heteroatoms. The van der Waals surface area contributed by atoms with E-state index in [1.54, 1.807) is 48.7 Å². The van der Waals surface area contributed by atoms with Crippen molar-refractivity contribution in [3.8, 4) is 0 Å². The standard InChI is InChI=1S/C22H25N3O3S/c1-16-10-12-18(13-11-16)29(27,28)25(15-20(26)24-22(2,3)4)19-9-5-7-17-8-6-14-23-21(17)19/h5-14H,15H2,1-4H3,(H,24,26). The summed E-state index contributed by atoms with van der Waals surface area (Å²) in [5.74, 6) is -0.388. The molecular weight excluding hydrogens is 386 g/mol. The van der Waals surface area contributed by atoms with Crippen LogP contribution >= 0.6 is 0 Å². The number of sulfonamides is 1. The molecule has 0 radical (unpaired) electrons. The Morgan fingerprint density at radius 2 is 1.69 bits per heavy atom. The van der Waals surface area contributed by atoms with Gasteiger partial charge in [0.2, 0.25) is 5.91 Å². The quantitative estimate of drug-likeness (QED) is 0.695. The molecule has 0 fully saturated rings. The van der Waals surface area contributed by atoms with Crippen molar-refractivity contribution in [1.29, 1.82) is 0 Å². The summed E-state index contributed by atoms with van der Waals surface area (Å²) in [7, 11) is -3.98. The number of fused-ring (bicyclic) bond motifs is 1. The van der Waals surface area contributed by atoms with Crippen LogP contribution in [0, 0.1) is 6.92 Å². The van der Waals surface area contributed by atoms with E-state index in [0.717, 1.165) is 15.3 Å². The number of amides is 1. The zero-order valence-corrected chi connectivity index (χ0v) is 17.8. The Hall–Kier alpha value is -2.93. The van der Waals surface area contributed by atoms with E-state index < -0.39 is 15.6 Å². The summed E-state index contributed by atoms with van der Waals surface area (Å²) in [5.41, 5.74) is 1.36. The molecule has 0 atom stereocenters. The number of hydrogen-bond donors (Lipinski definition) is 1. The molecular formula is C22H25N3O3S. The van der Waals surface area contributed by atoms with E-state index in [9.17, 15) is 13.2 Å². The summed E-state index contributed by atoms with van der Waals surface area (Å²) in [6, 6.07) is 15.5. The fourth-order valence-electron chi connectivity index (χ4n) is 3.01. The molecule has 152 valence electrons. The van der Waals surface area contributed by atoms with Gasteiger partial charge in [0.25, 0.3) is 10.0 Å². The number of para-hydroxylation sites is 1. The summed E-state index contributed by atoms with van der Waals surface area (Å²) >= 11 is 0. The third-order valence-electron chi connectivity index (χ3n) is 4.29. The van der Waals surface area contributed by atoms with Crippen LogP contribution in [0.25, 0.3) is 10.9 Å². The molecule has 1 aromatic heterocycles. The molecule has 6 nitrogen and oxygen atoms in total. The maximum Gasteiger partial charge on any atom is 0.264 e. The second kappa shape index (κ2) is 7.83. The van der Waals surface area contributed by atoms with E-state index in [-0.39, 0.29) is 17.3 Å². The molecule has 1 amide bonds. The lowest BCUT2D eigenvalue weighted by atomic mass is 10.1. The Morgan fingerprint density at radius 1 is 1.03 bits per heavy atom. The highest BCUT2D eigenvalue weighted by molar-refractivity contribution is 7.92. The Morgan fingerprint density at radius 3 is 2.34 bits per heavy atom. The zero-order chi connectivity index (χ0) is 21.2. The average molecular weight is 412 g/mol. The van der Waals surface area contributed by atoms with Crippen LogP contribution in [0.5, 0.6) is 0 Å². The minimum atomic E-state index is -3.98. The monoisotopic (exact) mass is 411 g/mol. The summed E-state index contributed by atoms with van der Waals surface area (Å²) in [6.45, 7) is 7.10. The molecule has 0 spiro atoms. The number of carbonyl (C=O) groups is 1. The van der Waals surface area contributed by atoms with Crippen molar-refractivity contribution < 1.29 is 13.2 Å². The van der Waals surface area contributed by atoms with Crippen LogP contribution in [0.2, 0.25) is 0 Å². The van der Waals surface area contributed by atoms with Gasteiger partial charge < -0.3 is 5.32 Å². The number of hydrogen-bond acceptors (Lipinski definition) is 4. The minimum Gasteiger partial charge on any atom is -0.350 e. The summed E-state index contributed by atoms with van der Waals surface area (Å²) in [4.78, 5) is 17.2. The van der Waals surface area contributed by atoms with Gasteiger partial charge in [0.1, 0.15) is 6.54 Å². The number of pyridine rings is 1. The Bertz CT molecular complexity index is 1130. The van der Waals surface area contributed by atoms with Crippen molar-refractivity contribution in [3.63, 3.8) is 0 Å². The number of aryl methyl sites for hydroxylation is 1. The SMILES string of the molecule is Cc1ccc(S(=O)(=O)N(CC(=O)NC(C)(C)C)c2cccc3cccnc23)cc1. The van der Waals surface area contributed by atoms with Crippen molar-refractivity contribution in [2.75, 3.05) is 10.8 Å². The van der Waals surface area contributed by atoms with E-state index in [0.29, 0.717) is 11.2 Å². The summed E-state index contributed by atoms with van der Waals surface area (Å²) < 4.78 is 28.1. The number of nitrogens with one attached hydrogen (secondary N) is 1. The van der Waals surface area contributed by atoms with E-state index in [1.165, 1.54) is 0 Å². The van der Waals surface area contributed by atoms with Gasteiger partial charge in [0.05, 0.1) is 16.1 Å². The van der Waals surface area contributed by atoms with Crippen molar-refractivity contribution in [3.05, 3.63) is 66.4 Å². The normalized spacial score (nSPS) is 12.0. The lowest BCUT2D eigenvalue weighted by molar-refractivity contribution is -0.121. The smallest absolute Gasteiger partial charge is 0.264 e. The number of nitrogens with zero attached hydrogens (tertiary/aromatic N) is 2. The van der Waals surface area contributed by atoms with Gasteiger partial charge in [-0.05, 0) is 52.0 Å². The predicted molar refractivity (Wildman–Crippen MR) is 115 cm³/mol. The van der Waals surface area contributed by atoms with E-state index in [2.05, 4.69) is 10.3 Å². The van der Waals surface area contributed by atoms with Gasteiger partial charge >= 0.3 is 0 Å². The van der Waals surface area contributed by atoms with Crippen LogP contribution in [0.3, 0.4) is 0 Å². The lowest BCUT2D eigenvalue weighted by Gasteiger charge is -2.27. The van der Waals surface area contributed by atoms with Crippen molar-refractivity contribution >= 4 is 32.5 Å². The Kier molecular flexibility index (Phi) is 5.61. The number of anilines is 1. The highest BCUT2D eigenvalue weighted by Crippen LogP contribution is 2.29. The largest absolute Gasteiger partial charge is 0.350 e. The second-order valence-electron chi connectivity index (χ2n) is 7.98. The molecule has 0 unspecified atom stereocenters. The van der Waals surface area contributed by atoms with E-state index in [1.807, 2.05) is 39.8 Å². The Labute approximate surface area is 171 Å². The molecule has 29 heavy (non-hydrogen) atoms. The molecule has 0 aliphatic rings. The number of benzene rings is 2. The van der Waals surface area contributed by atoms with Crippen molar-refractivity contribution in [2.24, 2.45) is 0 Å². The first kappa shape index (κ1) is 20.8. The third kappa shape index (κ3) is 4.74. The number of carbonyl (C=O) groups excluding carboxylic acids is 1. The van der Waals surface area contributed by atoms with Gasteiger partial charge in [-0.2, -0.15) is 0 Å². The van der Waals surface area contributed by atoms with Crippen LogP contribution in [0.4, 0.5) is 5.69 Å². The van der Waals surface area contributed by atoms with Gasteiger partial charge in [0.15, 0.2) is 0 Å². The van der Waals surface area contributed by atoms with E-state index in [4.69, 9.17) is 0 Å². The van der Waals surface area contributed by atoms with Crippen LogP contribution in [0.15, 0.2) is 65.7 Å². The topological polar surface area (TPSA) is 79.4 Å². The molecule has 0 aliphatic carbocycles. The fourth-order valence-corrected chi connectivity index (χ4v) is 4.44. The van der Waals surface area contributed by atoms with Gasteiger partial charge in [-0.15, -0.1) is 0 Å². The molecule has 1 N–H and O–H groups in total. The first-order chi connectivity index (χ1) is 13.6. The fraction of sp³-hybridized carbons (Fsp3) is 0.273. The number of rotatable bonds is 5. The first-order valence-electron chi connectivity index (χ1n) is 9.32. The molecule has 0 saturated carbocycles. The minimum absolute atomic E-state index is 0.125. The van der Waals surface area contributed by atoms with Crippen LogP contribution in [-0.2, 0) is 14.8 Å². The molecule has 3 rings (SSSR count). The van der Waals surface area contributed by atoms with Crippen molar-refractivity contribution in [2.45, 2.75) is 38.1 Å². The molecule has 2 aromatic carbocycles. The molecule has 0 aliphatic heterocycles. The van der Waals surface area contributed by atoms with Gasteiger partial charge in [0, 0.05) is 17.1 Å². The summed E-state index contributed by atoms with van der Waals surface area (Å²) in [6.07, 6.45) is 1.61. The highest BCUT2D eigenvalue weighted by Gasteiger charge is 2.29. The second-order valence-corrected chi connectivity index (χ2v) is 9.84. The first-order valence-corrected chi connectivity index (χ1v) is 10.8. The maximum atomic E-state index is 13.5.